The summed E-state index contributed by atoms with van der Waals surface area (Å²) in [5.41, 5.74) is 0.422. The van der Waals surface area contributed by atoms with E-state index >= 15 is 0 Å². The van der Waals surface area contributed by atoms with Crippen LogP contribution in [-0.2, 0) is 16.0 Å². The van der Waals surface area contributed by atoms with Gasteiger partial charge in [-0.3, -0.25) is 0 Å². The van der Waals surface area contributed by atoms with Crippen LogP contribution in [0.5, 0.6) is 0 Å². The Labute approximate surface area is 124 Å². The zero-order valence-electron chi connectivity index (χ0n) is 10.6. The van der Waals surface area contributed by atoms with Crippen LogP contribution < -0.4 is 0 Å². The van der Waals surface area contributed by atoms with E-state index in [2.05, 4.69) is 4.74 Å². The third-order valence-corrected chi connectivity index (χ3v) is 2.75. The number of ether oxygens (including phenoxy) is 1. The summed E-state index contributed by atoms with van der Waals surface area (Å²) >= 11 is 5.62. The van der Waals surface area contributed by atoms with Crippen molar-refractivity contribution in [3.63, 3.8) is 0 Å². The van der Waals surface area contributed by atoms with Gasteiger partial charge in [0, 0.05) is 11.4 Å². The van der Waals surface area contributed by atoms with Gasteiger partial charge < -0.3 is 4.74 Å². The van der Waals surface area contributed by atoms with E-state index in [1.165, 1.54) is 24.3 Å². The molecule has 1 aromatic rings. The maximum Gasteiger partial charge on any atom is 0.460 e. The molecule has 1 rings (SSSR count). The van der Waals surface area contributed by atoms with Gasteiger partial charge >= 0.3 is 24.0 Å². The van der Waals surface area contributed by atoms with Gasteiger partial charge in [-0.25, -0.2) is 4.79 Å². The first-order valence-electron chi connectivity index (χ1n) is 5.63. The summed E-state index contributed by atoms with van der Waals surface area (Å²) in [6, 6.07) is 5.85. The molecule has 0 aliphatic carbocycles. The normalized spacial score (nSPS) is 13.1. The maximum atomic E-state index is 12.9. The Hall–Kier alpha value is -1.51. The first-order valence-corrected chi connectivity index (χ1v) is 6.01. The minimum atomic E-state index is -6.58. The minimum Gasteiger partial charge on any atom is -0.461 e. The lowest BCUT2D eigenvalue weighted by Crippen LogP contribution is -2.56. The van der Waals surface area contributed by atoms with Crippen molar-refractivity contribution in [1.29, 1.82) is 0 Å². The van der Waals surface area contributed by atoms with Crippen molar-refractivity contribution in [2.75, 3.05) is 6.61 Å². The van der Waals surface area contributed by atoms with Crippen LogP contribution in [0.4, 0.5) is 30.7 Å². The summed E-state index contributed by atoms with van der Waals surface area (Å²) < 4.78 is 90.4. The predicted octanol–water partition coefficient (Wildman–Crippen LogP) is 4.26. The van der Waals surface area contributed by atoms with Crippen LogP contribution in [0.25, 0.3) is 0 Å². The second kappa shape index (κ2) is 6.31. The highest BCUT2D eigenvalue weighted by atomic mass is 35.5. The lowest BCUT2D eigenvalue weighted by molar-refractivity contribution is -0.348. The standard InChI is InChI=1S/C12H8ClF7O2/c13-8-3-1-2-7(6-8)4-5-22-9(21)10(14,15)11(16,17)12(18,19)20/h1-3,6H,4-5H2. The van der Waals surface area contributed by atoms with Crippen LogP contribution >= 0.6 is 11.6 Å². The smallest absolute Gasteiger partial charge is 0.460 e. The van der Waals surface area contributed by atoms with Gasteiger partial charge in [0.05, 0.1) is 6.61 Å². The summed E-state index contributed by atoms with van der Waals surface area (Å²) in [4.78, 5) is 10.8. The summed E-state index contributed by atoms with van der Waals surface area (Å²) in [5.74, 6) is -15.5. The van der Waals surface area contributed by atoms with Gasteiger partial charge in [0.15, 0.2) is 0 Å². The van der Waals surface area contributed by atoms with Gasteiger partial charge in [0.25, 0.3) is 0 Å². The number of benzene rings is 1. The molecule has 0 spiro atoms. The highest BCUT2D eigenvalue weighted by molar-refractivity contribution is 6.30. The van der Waals surface area contributed by atoms with Gasteiger partial charge in [-0.15, -0.1) is 0 Å². The number of carbonyl (C=O) groups excluding carboxylic acids is 1. The Bertz CT molecular complexity index is 543. The third kappa shape index (κ3) is 3.82. The summed E-state index contributed by atoms with van der Waals surface area (Å²) in [6.45, 7) is -0.803. The summed E-state index contributed by atoms with van der Waals surface area (Å²) in [6.07, 6.45) is -6.76. The van der Waals surface area contributed by atoms with Crippen LogP contribution in [0.1, 0.15) is 5.56 Å². The van der Waals surface area contributed by atoms with E-state index in [4.69, 9.17) is 11.6 Å². The fourth-order valence-corrected chi connectivity index (χ4v) is 1.56. The number of carbonyl (C=O) groups is 1. The Morgan fingerprint density at radius 2 is 1.68 bits per heavy atom. The molecule has 0 aliphatic heterocycles. The van der Waals surface area contributed by atoms with Crippen molar-refractivity contribution in [2.24, 2.45) is 0 Å². The number of esters is 1. The van der Waals surface area contributed by atoms with E-state index in [1.54, 1.807) is 0 Å². The van der Waals surface area contributed by atoms with Crippen LogP contribution in [0.15, 0.2) is 24.3 Å². The van der Waals surface area contributed by atoms with Gasteiger partial charge in [-0.05, 0) is 17.7 Å². The Kier molecular flexibility index (Phi) is 5.32. The molecule has 0 bridgehead atoms. The molecule has 0 saturated heterocycles. The Balaban J connectivity index is 2.68. The predicted molar refractivity (Wildman–Crippen MR) is 62.1 cm³/mol. The highest BCUT2D eigenvalue weighted by Gasteiger charge is 2.77. The molecule has 22 heavy (non-hydrogen) atoms. The van der Waals surface area contributed by atoms with Crippen LogP contribution in [0.3, 0.4) is 0 Å². The molecule has 0 N–H and O–H groups in total. The zero-order chi connectivity index (χ0) is 17.2. The molecule has 0 fully saturated rings. The van der Waals surface area contributed by atoms with E-state index in [-0.39, 0.29) is 11.4 Å². The average molecular weight is 353 g/mol. The third-order valence-electron chi connectivity index (χ3n) is 2.52. The van der Waals surface area contributed by atoms with E-state index in [0.717, 1.165) is 0 Å². The van der Waals surface area contributed by atoms with Crippen LogP contribution in [0, 0.1) is 0 Å². The van der Waals surface area contributed by atoms with Gasteiger partial charge in [0.1, 0.15) is 0 Å². The molecule has 0 aromatic heterocycles. The van der Waals surface area contributed by atoms with E-state index in [9.17, 15) is 35.5 Å². The molecule has 124 valence electrons. The molecule has 0 radical (unpaired) electrons. The van der Waals surface area contributed by atoms with Gasteiger partial charge in [0.2, 0.25) is 0 Å². The van der Waals surface area contributed by atoms with E-state index in [1.807, 2.05) is 0 Å². The first kappa shape index (κ1) is 18.5. The SMILES string of the molecule is O=C(OCCc1cccc(Cl)c1)C(F)(F)C(F)(F)C(F)(F)F. The van der Waals surface area contributed by atoms with Gasteiger partial charge in [-0.2, -0.15) is 30.7 Å². The Morgan fingerprint density at radius 1 is 1.09 bits per heavy atom. The fourth-order valence-electron chi connectivity index (χ4n) is 1.35. The molecular formula is C12H8ClF7O2. The zero-order valence-corrected chi connectivity index (χ0v) is 11.3. The highest BCUT2D eigenvalue weighted by Crippen LogP contribution is 2.46. The summed E-state index contributed by atoms with van der Waals surface area (Å²) in [7, 11) is 0. The summed E-state index contributed by atoms with van der Waals surface area (Å²) in [5, 5.41) is 0.290. The molecule has 2 nitrogen and oxygen atoms in total. The second-order valence-electron chi connectivity index (χ2n) is 4.16. The van der Waals surface area contributed by atoms with Crippen molar-refractivity contribution >= 4 is 17.6 Å². The largest absolute Gasteiger partial charge is 0.461 e. The molecule has 0 saturated carbocycles. The minimum absolute atomic E-state index is 0.181. The van der Waals surface area contributed by atoms with Crippen molar-refractivity contribution < 1.29 is 40.3 Å². The van der Waals surface area contributed by atoms with Crippen molar-refractivity contribution in [3.8, 4) is 0 Å². The van der Waals surface area contributed by atoms with Crippen LogP contribution in [0.2, 0.25) is 5.02 Å². The number of hydrogen-bond acceptors (Lipinski definition) is 2. The van der Waals surface area contributed by atoms with Crippen LogP contribution in [-0.4, -0.2) is 30.6 Å². The molecular weight excluding hydrogens is 345 g/mol. The van der Waals surface area contributed by atoms with E-state index in [0.29, 0.717) is 5.56 Å². The number of rotatable bonds is 5. The topological polar surface area (TPSA) is 26.3 Å². The molecule has 0 aliphatic rings. The monoisotopic (exact) mass is 352 g/mol. The fraction of sp³-hybridized carbons (Fsp3) is 0.417. The molecule has 0 amide bonds. The number of halogens is 8. The lowest BCUT2D eigenvalue weighted by Gasteiger charge is -2.26. The molecule has 10 heteroatoms. The maximum absolute atomic E-state index is 12.9. The number of alkyl halides is 7. The first-order chi connectivity index (χ1) is 9.89. The van der Waals surface area contributed by atoms with Crippen molar-refractivity contribution in [1.82, 2.24) is 0 Å². The Morgan fingerprint density at radius 3 is 2.18 bits per heavy atom. The molecule has 0 atom stereocenters. The van der Waals surface area contributed by atoms with E-state index < -0.39 is 30.6 Å². The van der Waals surface area contributed by atoms with Crippen molar-refractivity contribution in [2.45, 2.75) is 24.4 Å². The molecule has 0 heterocycles. The quantitative estimate of drug-likeness (QED) is 0.585. The number of hydrogen-bond donors (Lipinski definition) is 0. The molecule has 1 aromatic carbocycles. The lowest BCUT2D eigenvalue weighted by atomic mass is 10.1. The molecule has 0 unspecified atom stereocenters. The van der Waals surface area contributed by atoms with Crippen molar-refractivity contribution in [3.05, 3.63) is 34.9 Å². The van der Waals surface area contributed by atoms with Gasteiger partial charge in [-0.1, -0.05) is 23.7 Å². The second-order valence-corrected chi connectivity index (χ2v) is 4.60. The average Bonchev–Trinajstić information content (AvgIpc) is 2.37.